The maximum atomic E-state index is 8.61. The third kappa shape index (κ3) is 4.19. The Labute approximate surface area is 139 Å². The quantitative estimate of drug-likeness (QED) is 0.724. The van der Waals surface area contributed by atoms with E-state index in [4.69, 9.17) is 6.85 Å². The summed E-state index contributed by atoms with van der Waals surface area (Å²) in [4.78, 5) is 4.58. The second-order valence-corrected chi connectivity index (χ2v) is 17.3. The van der Waals surface area contributed by atoms with Gasteiger partial charge in [0.1, 0.15) is 0 Å². The molecule has 0 fully saturated rings. The van der Waals surface area contributed by atoms with Crippen molar-refractivity contribution in [2.45, 2.75) is 44.3 Å². The van der Waals surface area contributed by atoms with Gasteiger partial charge in [-0.3, -0.25) is 0 Å². The zero-order valence-corrected chi connectivity index (χ0v) is 15.6. The fourth-order valence-corrected chi connectivity index (χ4v) is 5.23. The second kappa shape index (κ2) is 6.35. The number of aryl methyl sites for hydroxylation is 1. The normalized spacial score (nSPS) is 16.8. The van der Waals surface area contributed by atoms with Gasteiger partial charge in [-0.1, -0.05) is 0 Å². The Bertz CT molecular complexity index is 774. The van der Waals surface area contributed by atoms with Crippen molar-refractivity contribution >= 4 is 17.7 Å². The molecule has 2 aromatic rings. The van der Waals surface area contributed by atoms with Crippen LogP contribution in [0.25, 0.3) is 11.3 Å². The molecule has 2 heteroatoms. The minimum atomic E-state index is -2.31. The fraction of sp³-hybridized carbons (Fsp3) is 0.421. The Hall–Kier alpha value is -1.09. The van der Waals surface area contributed by atoms with Crippen molar-refractivity contribution in [1.82, 2.24) is 4.98 Å². The van der Waals surface area contributed by atoms with Crippen LogP contribution >= 0.6 is 0 Å². The van der Waals surface area contributed by atoms with Crippen molar-refractivity contribution in [3.63, 3.8) is 0 Å². The van der Waals surface area contributed by atoms with Gasteiger partial charge in [0.05, 0.1) is 0 Å². The molecule has 0 amide bonds. The first-order valence-electron chi connectivity index (χ1n) is 9.86. The number of pyridine rings is 1. The molecule has 0 unspecified atom stereocenters. The number of hydrogen-bond acceptors (Lipinski definition) is 1. The monoisotopic (exact) mass is 348 g/mol. The van der Waals surface area contributed by atoms with Gasteiger partial charge in [-0.2, -0.15) is 0 Å². The van der Waals surface area contributed by atoms with Crippen LogP contribution in [-0.2, 0) is 6.37 Å². The molecule has 1 nitrogen and oxygen atoms in total. The van der Waals surface area contributed by atoms with E-state index in [2.05, 4.69) is 22.3 Å². The molecule has 0 atom stereocenters. The van der Waals surface area contributed by atoms with Crippen molar-refractivity contribution in [2.24, 2.45) is 5.92 Å². The van der Waals surface area contributed by atoms with Crippen LogP contribution in [0.4, 0.5) is 0 Å². The molecule has 2 rings (SSSR count). The summed E-state index contributed by atoms with van der Waals surface area (Å²) >= 11 is -2.31. The van der Waals surface area contributed by atoms with E-state index in [9.17, 15) is 0 Å². The van der Waals surface area contributed by atoms with Gasteiger partial charge in [-0.05, 0) is 0 Å². The van der Waals surface area contributed by atoms with Crippen LogP contribution < -0.4 is 4.40 Å². The molecule has 0 aliphatic heterocycles. The number of nitrogens with zero attached hydrogens (tertiary/aromatic N) is 1. The fourth-order valence-electron chi connectivity index (χ4n) is 2.28. The third-order valence-corrected chi connectivity index (χ3v) is 7.56. The van der Waals surface area contributed by atoms with Crippen molar-refractivity contribution < 1.29 is 6.85 Å². The zero-order chi connectivity index (χ0) is 19.9. The number of hydrogen-bond donors (Lipinski definition) is 0. The summed E-state index contributed by atoms with van der Waals surface area (Å²) in [6, 6.07) is 8.54. The Kier molecular flexibility index (Phi) is 3.21. The van der Waals surface area contributed by atoms with Crippen LogP contribution in [0.2, 0.25) is 17.3 Å². The standard InChI is InChI=1S/C19H27GeN/c1-14(2)11-17-12-19(16-9-7-15(3)8-10-16)21-13-18(17)20(4,5)6/h7-10,12-14H,11H2,1-6H3/i3D3,11D2. The van der Waals surface area contributed by atoms with E-state index in [1.165, 1.54) is 0 Å². The Balaban J connectivity index is 2.59. The van der Waals surface area contributed by atoms with E-state index in [0.29, 0.717) is 11.3 Å². The molecule has 0 aliphatic carbocycles. The zero-order valence-electron chi connectivity index (χ0n) is 18.5. The molecule has 1 aromatic heterocycles. The Morgan fingerprint density at radius 3 is 2.38 bits per heavy atom. The van der Waals surface area contributed by atoms with Crippen LogP contribution in [0.3, 0.4) is 0 Å². The van der Waals surface area contributed by atoms with Crippen LogP contribution in [0, 0.1) is 12.8 Å². The van der Waals surface area contributed by atoms with Crippen LogP contribution in [0.1, 0.15) is 31.8 Å². The molecule has 1 aromatic carbocycles. The second-order valence-electron chi connectivity index (χ2n) is 6.74. The van der Waals surface area contributed by atoms with E-state index in [0.717, 1.165) is 15.5 Å². The predicted molar refractivity (Wildman–Crippen MR) is 95.9 cm³/mol. The molecule has 0 saturated carbocycles. The third-order valence-electron chi connectivity index (χ3n) is 3.34. The topological polar surface area (TPSA) is 12.9 Å². The van der Waals surface area contributed by atoms with Gasteiger partial charge >= 0.3 is 139 Å². The van der Waals surface area contributed by atoms with Gasteiger partial charge in [0.25, 0.3) is 0 Å². The summed E-state index contributed by atoms with van der Waals surface area (Å²) in [7, 11) is 0. The summed E-state index contributed by atoms with van der Waals surface area (Å²) in [6.07, 6.45) is 0.396. The number of benzene rings is 1. The van der Waals surface area contributed by atoms with Crippen molar-refractivity contribution in [3.05, 3.63) is 47.7 Å². The molecule has 0 radical (unpaired) electrons. The summed E-state index contributed by atoms with van der Waals surface area (Å²) in [5.41, 5.74) is 2.49. The summed E-state index contributed by atoms with van der Waals surface area (Å²) in [6.45, 7) is 1.66. The van der Waals surface area contributed by atoms with Gasteiger partial charge < -0.3 is 0 Å². The average Bonchev–Trinajstić information content (AvgIpc) is 2.52. The van der Waals surface area contributed by atoms with Crippen molar-refractivity contribution in [1.29, 1.82) is 0 Å². The van der Waals surface area contributed by atoms with Crippen molar-refractivity contribution in [2.75, 3.05) is 0 Å². The van der Waals surface area contributed by atoms with Gasteiger partial charge in [-0.15, -0.1) is 0 Å². The molecule has 0 saturated heterocycles. The maximum absolute atomic E-state index is 8.61. The Morgan fingerprint density at radius 1 is 1.19 bits per heavy atom. The van der Waals surface area contributed by atoms with Gasteiger partial charge in [-0.25, -0.2) is 0 Å². The van der Waals surface area contributed by atoms with E-state index in [1.807, 2.05) is 26.1 Å². The van der Waals surface area contributed by atoms with E-state index in [-0.39, 0.29) is 5.92 Å². The van der Waals surface area contributed by atoms with E-state index < -0.39 is 26.5 Å². The van der Waals surface area contributed by atoms with Gasteiger partial charge in [0.2, 0.25) is 0 Å². The number of aromatic nitrogens is 1. The molecule has 0 bridgehead atoms. The van der Waals surface area contributed by atoms with Crippen molar-refractivity contribution in [3.8, 4) is 11.3 Å². The summed E-state index contributed by atoms with van der Waals surface area (Å²) in [5.74, 6) is 6.56. The van der Waals surface area contributed by atoms with Gasteiger partial charge in [0.15, 0.2) is 0 Å². The number of rotatable bonds is 4. The first kappa shape index (κ1) is 10.6. The molecule has 21 heavy (non-hydrogen) atoms. The summed E-state index contributed by atoms with van der Waals surface area (Å²) in [5, 5.41) is 0. The first-order chi connectivity index (χ1) is 11.7. The molecule has 1 heterocycles. The van der Waals surface area contributed by atoms with E-state index in [1.54, 1.807) is 24.3 Å². The molecular weight excluding hydrogens is 315 g/mol. The molecule has 112 valence electrons. The SMILES string of the molecule is [2H]C([2H])([2H])c1ccc(-c2cc(C([2H])([2H])C(C)C)[c]([Ge]([CH3])([CH3])[CH3])cn2)cc1. The molecule has 0 aliphatic rings. The summed E-state index contributed by atoms with van der Waals surface area (Å²) < 4.78 is 40.7. The van der Waals surface area contributed by atoms with Crippen LogP contribution in [0.5, 0.6) is 0 Å². The minimum absolute atomic E-state index is 0.154. The molecule has 0 N–H and O–H groups in total. The van der Waals surface area contributed by atoms with Crippen LogP contribution in [-0.4, -0.2) is 18.3 Å². The van der Waals surface area contributed by atoms with Crippen LogP contribution in [0.15, 0.2) is 36.5 Å². The predicted octanol–water partition coefficient (Wildman–Crippen LogP) is 4.80. The van der Waals surface area contributed by atoms with Gasteiger partial charge in [0, 0.05) is 0 Å². The molecule has 0 spiro atoms. The molecular formula is C19H27GeN. The first-order valence-corrected chi connectivity index (χ1v) is 14.7. The van der Waals surface area contributed by atoms with E-state index >= 15 is 0 Å². The average molecular weight is 347 g/mol. The Morgan fingerprint density at radius 2 is 1.86 bits per heavy atom.